The van der Waals surface area contributed by atoms with Crippen LogP contribution in [0.2, 0.25) is 0 Å². The number of carbonyl (C=O) groups is 2. The molecule has 4 rings (SSSR count). The maximum absolute atomic E-state index is 12.9. The Hall–Kier alpha value is -1.43. The average molecular weight is 368 g/mol. The van der Waals surface area contributed by atoms with Gasteiger partial charge >= 0.3 is 0 Å². The van der Waals surface area contributed by atoms with E-state index in [-0.39, 0.29) is 22.5 Å². The fourth-order valence-electron chi connectivity index (χ4n) is 8.18. The zero-order valence-corrected chi connectivity index (χ0v) is 17.5. The Kier molecular flexibility index (Phi) is 4.05. The molecule has 3 heteroatoms. The SMILES string of the molecule is CC(=O)[C@H]1CC[C@H]2[C@@H]3CC=C4C(C)(C)C(=O)C(C#N)C[C@]4(C)[C@H]3CC[C@]12C. The van der Waals surface area contributed by atoms with Gasteiger partial charge in [-0.15, -0.1) is 0 Å². The molecule has 0 N–H and O–H groups in total. The molecular formula is C24H33NO2. The van der Waals surface area contributed by atoms with Crippen molar-refractivity contribution in [3.63, 3.8) is 0 Å². The lowest BCUT2D eigenvalue weighted by Gasteiger charge is -2.60. The van der Waals surface area contributed by atoms with Crippen LogP contribution in [0.25, 0.3) is 0 Å². The highest BCUT2D eigenvalue weighted by molar-refractivity contribution is 5.93. The Morgan fingerprint density at radius 2 is 1.85 bits per heavy atom. The minimum absolute atomic E-state index is 0.0592. The molecule has 7 atom stereocenters. The first-order valence-corrected chi connectivity index (χ1v) is 10.7. The van der Waals surface area contributed by atoms with E-state index in [1.807, 2.05) is 13.8 Å². The Morgan fingerprint density at radius 3 is 2.48 bits per heavy atom. The summed E-state index contributed by atoms with van der Waals surface area (Å²) < 4.78 is 0. The van der Waals surface area contributed by atoms with Gasteiger partial charge in [-0.1, -0.05) is 25.5 Å². The summed E-state index contributed by atoms with van der Waals surface area (Å²) in [6, 6.07) is 2.32. The summed E-state index contributed by atoms with van der Waals surface area (Å²) in [6.45, 7) is 10.5. The van der Waals surface area contributed by atoms with Crippen LogP contribution in [0.15, 0.2) is 11.6 Å². The molecule has 4 aliphatic rings. The van der Waals surface area contributed by atoms with Crippen molar-refractivity contribution in [2.24, 2.45) is 45.8 Å². The molecule has 4 aliphatic carbocycles. The van der Waals surface area contributed by atoms with Crippen LogP contribution in [0.1, 0.15) is 73.1 Å². The number of Topliss-reactive ketones (excluding diaryl/α,β-unsaturated/α-hetero) is 2. The molecule has 0 heterocycles. The number of carbonyl (C=O) groups excluding carboxylic acids is 2. The van der Waals surface area contributed by atoms with E-state index < -0.39 is 11.3 Å². The highest BCUT2D eigenvalue weighted by Gasteiger charge is 2.62. The molecule has 146 valence electrons. The number of hydrogen-bond acceptors (Lipinski definition) is 3. The molecule has 0 saturated heterocycles. The summed E-state index contributed by atoms with van der Waals surface area (Å²) in [5.74, 6) is 1.92. The van der Waals surface area contributed by atoms with Crippen LogP contribution < -0.4 is 0 Å². The van der Waals surface area contributed by atoms with Crippen LogP contribution in [-0.4, -0.2) is 11.6 Å². The molecule has 27 heavy (non-hydrogen) atoms. The molecule has 3 fully saturated rings. The number of ketones is 2. The number of rotatable bonds is 1. The second-order valence-corrected chi connectivity index (χ2v) is 10.8. The van der Waals surface area contributed by atoms with Crippen LogP contribution in [0.4, 0.5) is 0 Å². The standard InChI is InChI=1S/C24H33NO2/c1-14(26)17-7-8-18-16-6-9-20-22(2,3)21(27)15(13-25)12-24(20,5)19(16)10-11-23(17,18)4/h9,15-19H,6-8,10-12H2,1-5H3/t15?,16-,17+,18-,19-,23+,24+/m0/s1. The Morgan fingerprint density at radius 1 is 1.15 bits per heavy atom. The first-order chi connectivity index (χ1) is 12.6. The molecule has 0 amide bonds. The molecule has 3 nitrogen and oxygen atoms in total. The molecule has 0 bridgehead atoms. The van der Waals surface area contributed by atoms with Gasteiger partial charge in [0.2, 0.25) is 0 Å². The van der Waals surface area contributed by atoms with Crippen LogP contribution in [0.3, 0.4) is 0 Å². The van der Waals surface area contributed by atoms with Gasteiger partial charge in [0, 0.05) is 11.3 Å². The Labute approximate surface area is 163 Å². The molecule has 0 aromatic carbocycles. The highest BCUT2D eigenvalue weighted by Crippen LogP contribution is 2.68. The van der Waals surface area contributed by atoms with Gasteiger partial charge < -0.3 is 0 Å². The predicted octanol–water partition coefficient (Wildman–Crippen LogP) is 5.11. The normalized spacial score (nSPS) is 47.9. The molecule has 0 aromatic rings. The third-order valence-corrected chi connectivity index (χ3v) is 9.35. The highest BCUT2D eigenvalue weighted by atomic mass is 16.1. The van der Waals surface area contributed by atoms with E-state index in [4.69, 9.17) is 0 Å². The molecule has 0 spiro atoms. The lowest BCUT2D eigenvalue weighted by atomic mass is 9.43. The van der Waals surface area contributed by atoms with E-state index in [9.17, 15) is 14.9 Å². The summed E-state index contributed by atoms with van der Waals surface area (Å²) in [7, 11) is 0. The third kappa shape index (κ3) is 2.31. The van der Waals surface area contributed by atoms with Gasteiger partial charge in [-0.2, -0.15) is 5.26 Å². The average Bonchev–Trinajstić information content (AvgIpc) is 2.95. The number of nitrogens with zero attached hydrogens (tertiary/aromatic N) is 1. The summed E-state index contributed by atoms with van der Waals surface area (Å²) in [4.78, 5) is 25.2. The van der Waals surface area contributed by atoms with Crippen LogP contribution >= 0.6 is 0 Å². The Bertz CT molecular complexity index is 772. The van der Waals surface area contributed by atoms with Crippen LogP contribution in [-0.2, 0) is 9.59 Å². The summed E-state index contributed by atoms with van der Waals surface area (Å²) >= 11 is 0. The minimum atomic E-state index is -0.531. The van der Waals surface area contributed by atoms with Gasteiger partial charge in [0.05, 0.1) is 6.07 Å². The molecule has 1 unspecified atom stereocenters. The van der Waals surface area contributed by atoms with E-state index in [0.29, 0.717) is 30.0 Å². The van der Waals surface area contributed by atoms with Gasteiger partial charge in [-0.05, 0) is 87.9 Å². The number of nitriles is 1. The van der Waals surface area contributed by atoms with Gasteiger partial charge in [-0.25, -0.2) is 0 Å². The van der Waals surface area contributed by atoms with Crippen molar-refractivity contribution < 1.29 is 9.59 Å². The van der Waals surface area contributed by atoms with Gasteiger partial charge in [-0.3, -0.25) is 9.59 Å². The van der Waals surface area contributed by atoms with Crippen LogP contribution in [0, 0.1) is 57.2 Å². The molecule has 3 saturated carbocycles. The van der Waals surface area contributed by atoms with Crippen molar-refractivity contribution in [1.29, 1.82) is 5.26 Å². The first-order valence-electron chi connectivity index (χ1n) is 10.7. The van der Waals surface area contributed by atoms with Gasteiger partial charge in [0.1, 0.15) is 11.7 Å². The number of fused-ring (bicyclic) bond motifs is 5. The van der Waals surface area contributed by atoms with Crippen molar-refractivity contribution in [3.8, 4) is 6.07 Å². The van der Waals surface area contributed by atoms with E-state index >= 15 is 0 Å². The third-order valence-electron chi connectivity index (χ3n) is 9.35. The van der Waals surface area contributed by atoms with Crippen molar-refractivity contribution in [1.82, 2.24) is 0 Å². The monoisotopic (exact) mass is 367 g/mol. The Balaban J connectivity index is 1.75. The first kappa shape index (κ1) is 18.9. The van der Waals surface area contributed by atoms with Gasteiger partial charge in [0.15, 0.2) is 5.78 Å². The smallest absolute Gasteiger partial charge is 0.159 e. The molecular weight excluding hydrogens is 334 g/mol. The predicted molar refractivity (Wildman–Crippen MR) is 105 cm³/mol. The van der Waals surface area contributed by atoms with E-state index in [0.717, 1.165) is 32.1 Å². The second-order valence-electron chi connectivity index (χ2n) is 10.8. The lowest BCUT2D eigenvalue weighted by molar-refractivity contribution is -0.137. The topological polar surface area (TPSA) is 57.9 Å². The van der Waals surface area contributed by atoms with Gasteiger partial charge in [0.25, 0.3) is 0 Å². The maximum atomic E-state index is 12.9. The van der Waals surface area contributed by atoms with Crippen molar-refractivity contribution in [3.05, 3.63) is 11.6 Å². The zero-order valence-electron chi connectivity index (χ0n) is 17.5. The quantitative estimate of drug-likeness (QED) is 0.605. The van der Waals surface area contributed by atoms with Crippen molar-refractivity contribution in [2.45, 2.75) is 73.1 Å². The summed E-state index contributed by atoms with van der Waals surface area (Å²) in [6.07, 6.45) is 8.50. The summed E-state index contributed by atoms with van der Waals surface area (Å²) in [5, 5.41) is 9.65. The summed E-state index contributed by atoms with van der Waals surface area (Å²) in [5.41, 5.74) is 0.841. The second kappa shape index (κ2) is 5.79. The van der Waals surface area contributed by atoms with E-state index in [2.05, 4.69) is 26.0 Å². The largest absolute Gasteiger partial charge is 0.300 e. The fourth-order valence-corrected chi connectivity index (χ4v) is 8.18. The maximum Gasteiger partial charge on any atom is 0.159 e. The molecule has 0 aromatic heterocycles. The lowest BCUT2D eigenvalue weighted by Crippen LogP contribution is -2.55. The number of allylic oxidation sites excluding steroid dienone is 2. The molecule has 0 aliphatic heterocycles. The van der Waals surface area contributed by atoms with Crippen molar-refractivity contribution >= 4 is 11.6 Å². The molecule has 0 radical (unpaired) electrons. The minimum Gasteiger partial charge on any atom is -0.300 e. The van der Waals surface area contributed by atoms with E-state index in [1.54, 1.807) is 6.92 Å². The fraction of sp³-hybridized carbons (Fsp3) is 0.792. The zero-order chi connectivity index (χ0) is 19.8. The van der Waals surface area contributed by atoms with Crippen molar-refractivity contribution in [2.75, 3.05) is 0 Å². The van der Waals surface area contributed by atoms with E-state index in [1.165, 1.54) is 5.57 Å². The van der Waals surface area contributed by atoms with Crippen LogP contribution in [0.5, 0.6) is 0 Å². The number of hydrogen-bond donors (Lipinski definition) is 0.